The van der Waals surface area contributed by atoms with E-state index in [9.17, 15) is 4.79 Å². The van der Waals surface area contributed by atoms with Crippen LogP contribution >= 0.6 is 0 Å². The Kier molecular flexibility index (Phi) is 3.53. The van der Waals surface area contributed by atoms with Crippen molar-refractivity contribution in [3.8, 4) is 0 Å². The van der Waals surface area contributed by atoms with Crippen LogP contribution in [0.1, 0.15) is 40.0 Å². The highest BCUT2D eigenvalue weighted by Crippen LogP contribution is 2.28. The van der Waals surface area contributed by atoms with Gasteiger partial charge >= 0.3 is 0 Å². The molecule has 1 fully saturated rings. The molecule has 3 nitrogen and oxygen atoms in total. The fraction of sp³-hybridized carbons (Fsp3) is 0.909. The van der Waals surface area contributed by atoms with E-state index in [0.29, 0.717) is 6.54 Å². The molecule has 1 amide bonds. The minimum absolute atomic E-state index is 0.0824. The fourth-order valence-electron chi connectivity index (χ4n) is 2.08. The minimum Gasteiger partial charge on any atom is -0.336 e. The van der Waals surface area contributed by atoms with Crippen LogP contribution < -0.4 is 5.73 Å². The van der Waals surface area contributed by atoms with Crippen LogP contribution in [0.2, 0.25) is 0 Å². The van der Waals surface area contributed by atoms with E-state index in [1.165, 1.54) is 6.42 Å². The molecule has 0 aliphatic carbocycles. The van der Waals surface area contributed by atoms with E-state index >= 15 is 0 Å². The van der Waals surface area contributed by atoms with Crippen molar-refractivity contribution in [1.29, 1.82) is 0 Å². The molecule has 1 atom stereocenters. The molecule has 0 radical (unpaired) electrons. The van der Waals surface area contributed by atoms with Crippen LogP contribution in [-0.4, -0.2) is 29.4 Å². The molecule has 1 aliphatic heterocycles. The lowest BCUT2D eigenvalue weighted by atomic mass is 9.87. The molecule has 0 aromatic carbocycles. The third kappa shape index (κ3) is 2.08. The lowest BCUT2D eigenvalue weighted by molar-refractivity contribution is -0.142. The molecule has 0 aromatic rings. The summed E-state index contributed by atoms with van der Waals surface area (Å²) in [6.45, 7) is 7.46. The highest BCUT2D eigenvalue weighted by molar-refractivity contribution is 5.79. The van der Waals surface area contributed by atoms with Crippen molar-refractivity contribution in [2.45, 2.75) is 45.6 Å². The summed E-state index contributed by atoms with van der Waals surface area (Å²) in [5, 5.41) is 0. The number of rotatable bonds is 2. The molecule has 0 aromatic heterocycles. The highest BCUT2D eigenvalue weighted by atomic mass is 16.2. The van der Waals surface area contributed by atoms with Crippen molar-refractivity contribution in [3.05, 3.63) is 0 Å². The quantitative estimate of drug-likeness (QED) is 0.728. The van der Waals surface area contributed by atoms with Gasteiger partial charge in [0, 0.05) is 19.0 Å². The fourth-order valence-corrected chi connectivity index (χ4v) is 2.08. The van der Waals surface area contributed by atoms with Crippen LogP contribution in [0, 0.1) is 5.92 Å². The molecule has 1 saturated heterocycles. The molecule has 1 rings (SSSR count). The van der Waals surface area contributed by atoms with Crippen LogP contribution in [-0.2, 0) is 4.79 Å². The van der Waals surface area contributed by atoms with E-state index in [0.717, 1.165) is 19.4 Å². The van der Waals surface area contributed by atoms with Gasteiger partial charge in [-0.2, -0.15) is 0 Å². The zero-order valence-electron chi connectivity index (χ0n) is 9.55. The topological polar surface area (TPSA) is 46.3 Å². The number of hydrogen-bond acceptors (Lipinski definition) is 2. The van der Waals surface area contributed by atoms with Gasteiger partial charge in [0.05, 0.1) is 5.54 Å². The van der Waals surface area contributed by atoms with Crippen LogP contribution in [0.25, 0.3) is 0 Å². The zero-order chi connectivity index (χ0) is 10.8. The maximum absolute atomic E-state index is 11.9. The summed E-state index contributed by atoms with van der Waals surface area (Å²) in [5.74, 6) is 0.330. The Hall–Kier alpha value is -0.570. The van der Waals surface area contributed by atoms with Crippen molar-refractivity contribution in [2.75, 3.05) is 13.1 Å². The average Bonchev–Trinajstić information content (AvgIpc) is 2.17. The van der Waals surface area contributed by atoms with Crippen molar-refractivity contribution >= 4 is 5.91 Å². The molecular formula is C11H22N2O. The maximum Gasteiger partial charge on any atom is 0.225 e. The van der Waals surface area contributed by atoms with Crippen LogP contribution in [0.3, 0.4) is 0 Å². The Morgan fingerprint density at radius 3 is 2.64 bits per heavy atom. The van der Waals surface area contributed by atoms with Crippen LogP contribution in [0.5, 0.6) is 0 Å². The number of carbonyl (C=O) groups excluding carboxylic acids is 1. The Balaban J connectivity index is 2.77. The molecular weight excluding hydrogens is 176 g/mol. The van der Waals surface area contributed by atoms with E-state index in [1.807, 2.05) is 18.7 Å². The Morgan fingerprint density at radius 1 is 1.50 bits per heavy atom. The van der Waals surface area contributed by atoms with Crippen molar-refractivity contribution in [2.24, 2.45) is 11.7 Å². The Morgan fingerprint density at radius 2 is 2.14 bits per heavy atom. The third-order valence-electron chi connectivity index (χ3n) is 3.20. The van der Waals surface area contributed by atoms with Gasteiger partial charge in [0.1, 0.15) is 0 Å². The van der Waals surface area contributed by atoms with Crippen molar-refractivity contribution < 1.29 is 4.79 Å². The summed E-state index contributed by atoms with van der Waals surface area (Å²) in [6, 6.07) is 0. The Labute approximate surface area is 86.6 Å². The molecule has 1 aliphatic rings. The van der Waals surface area contributed by atoms with Gasteiger partial charge in [-0.05, 0) is 26.2 Å². The normalized spacial score (nSPS) is 28.2. The first-order chi connectivity index (χ1) is 6.51. The standard InChI is InChI=1S/C11H22N2O/c1-9(2)10(14)13-7-5-4-6-11(13,3)8-12/h9H,4-8,12H2,1-3H3. The maximum atomic E-state index is 11.9. The van der Waals surface area contributed by atoms with Crippen molar-refractivity contribution in [1.82, 2.24) is 4.90 Å². The summed E-state index contributed by atoms with van der Waals surface area (Å²) in [6.07, 6.45) is 3.35. The summed E-state index contributed by atoms with van der Waals surface area (Å²) in [4.78, 5) is 13.9. The van der Waals surface area contributed by atoms with Gasteiger partial charge < -0.3 is 10.6 Å². The van der Waals surface area contributed by atoms with Gasteiger partial charge in [-0.25, -0.2) is 0 Å². The van der Waals surface area contributed by atoms with Crippen LogP contribution in [0.15, 0.2) is 0 Å². The van der Waals surface area contributed by atoms with Gasteiger partial charge in [0.25, 0.3) is 0 Å². The number of likely N-dealkylation sites (tertiary alicyclic amines) is 1. The number of nitrogens with zero attached hydrogens (tertiary/aromatic N) is 1. The average molecular weight is 198 g/mol. The first-order valence-corrected chi connectivity index (χ1v) is 5.53. The molecule has 1 heterocycles. The number of hydrogen-bond donors (Lipinski definition) is 1. The molecule has 82 valence electrons. The highest BCUT2D eigenvalue weighted by Gasteiger charge is 2.36. The van der Waals surface area contributed by atoms with E-state index in [1.54, 1.807) is 0 Å². The number of nitrogens with two attached hydrogens (primary N) is 1. The predicted octanol–water partition coefficient (Wildman–Crippen LogP) is 1.37. The van der Waals surface area contributed by atoms with E-state index in [4.69, 9.17) is 5.73 Å². The SMILES string of the molecule is CC(C)C(=O)N1CCCCC1(C)CN. The lowest BCUT2D eigenvalue weighted by Gasteiger charge is -2.45. The molecule has 0 saturated carbocycles. The van der Waals surface area contributed by atoms with E-state index in [-0.39, 0.29) is 17.4 Å². The predicted molar refractivity (Wildman–Crippen MR) is 57.9 cm³/mol. The molecule has 2 N–H and O–H groups in total. The smallest absolute Gasteiger partial charge is 0.225 e. The van der Waals surface area contributed by atoms with Gasteiger partial charge in [0.2, 0.25) is 5.91 Å². The number of piperidine rings is 1. The summed E-state index contributed by atoms with van der Waals surface area (Å²) >= 11 is 0. The monoisotopic (exact) mass is 198 g/mol. The molecule has 0 bridgehead atoms. The largest absolute Gasteiger partial charge is 0.336 e. The third-order valence-corrected chi connectivity index (χ3v) is 3.20. The van der Waals surface area contributed by atoms with Crippen molar-refractivity contribution in [3.63, 3.8) is 0 Å². The second-order valence-electron chi connectivity index (χ2n) is 4.80. The summed E-state index contributed by atoms with van der Waals surface area (Å²) in [7, 11) is 0. The molecule has 3 heteroatoms. The van der Waals surface area contributed by atoms with E-state index < -0.39 is 0 Å². The number of amides is 1. The van der Waals surface area contributed by atoms with Gasteiger partial charge in [-0.3, -0.25) is 4.79 Å². The van der Waals surface area contributed by atoms with Gasteiger partial charge in [-0.15, -0.1) is 0 Å². The summed E-state index contributed by atoms with van der Waals surface area (Å²) < 4.78 is 0. The summed E-state index contributed by atoms with van der Waals surface area (Å²) in [5.41, 5.74) is 5.67. The van der Waals surface area contributed by atoms with Gasteiger partial charge in [0.15, 0.2) is 0 Å². The molecule has 1 unspecified atom stereocenters. The first-order valence-electron chi connectivity index (χ1n) is 5.53. The first kappa shape index (κ1) is 11.5. The zero-order valence-corrected chi connectivity index (χ0v) is 9.55. The second kappa shape index (κ2) is 4.30. The minimum atomic E-state index is -0.0976. The second-order valence-corrected chi connectivity index (χ2v) is 4.80. The molecule has 14 heavy (non-hydrogen) atoms. The number of carbonyl (C=O) groups is 1. The van der Waals surface area contributed by atoms with Crippen LogP contribution in [0.4, 0.5) is 0 Å². The van der Waals surface area contributed by atoms with Gasteiger partial charge in [-0.1, -0.05) is 13.8 Å². The lowest BCUT2D eigenvalue weighted by Crippen LogP contribution is -2.57. The Bertz CT molecular complexity index is 215. The van der Waals surface area contributed by atoms with E-state index in [2.05, 4.69) is 6.92 Å². The molecule has 0 spiro atoms.